The predicted molar refractivity (Wildman–Crippen MR) is 41.2 cm³/mol. The average Bonchev–Trinajstić information content (AvgIpc) is 2.01. The van der Waals surface area contributed by atoms with E-state index in [0.717, 1.165) is 0 Å². The summed E-state index contributed by atoms with van der Waals surface area (Å²) in [4.78, 5) is 10.7. The zero-order valence-corrected chi connectivity index (χ0v) is 6.96. The molecule has 0 heterocycles. The second kappa shape index (κ2) is 6.12. The Morgan fingerprint density at radius 2 is 2.36 bits per heavy atom. The first-order valence-electron chi connectivity index (χ1n) is 3.70. The van der Waals surface area contributed by atoms with Crippen LogP contribution in [-0.4, -0.2) is 36.9 Å². The van der Waals surface area contributed by atoms with E-state index < -0.39 is 0 Å². The molecular weight excluding hydrogens is 146 g/mol. The van der Waals surface area contributed by atoms with E-state index in [9.17, 15) is 4.79 Å². The molecule has 0 spiro atoms. The number of hydrogen-bond donors (Lipinski definition) is 2. The molecule has 0 saturated heterocycles. The summed E-state index contributed by atoms with van der Waals surface area (Å²) in [6.45, 7) is 4.13. The molecule has 0 bridgehead atoms. The fourth-order valence-electron chi connectivity index (χ4n) is 0.534. The first-order chi connectivity index (χ1) is 5.20. The average molecular weight is 161 g/mol. The number of carbonyl (C=O) groups is 1. The molecule has 0 aliphatic carbocycles. The molecule has 2 N–H and O–H groups in total. The summed E-state index contributed by atoms with van der Waals surface area (Å²) in [6.07, 6.45) is 0. The largest absolute Gasteiger partial charge is 0.465 e. The lowest BCUT2D eigenvalue weighted by Gasteiger charge is -2.08. The summed E-state index contributed by atoms with van der Waals surface area (Å²) >= 11 is 0. The summed E-state index contributed by atoms with van der Waals surface area (Å²) in [5.41, 5.74) is 0. The van der Waals surface area contributed by atoms with Gasteiger partial charge in [-0.1, -0.05) is 0 Å². The fourth-order valence-corrected chi connectivity index (χ4v) is 0.534. The normalized spacial score (nSPS) is 12.6. The highest BCUT2D eigenvalue weighted by atomic mass is 16.5. The first kappa shape index (κ1) is 10.4. The summed E-state index contributed by atoms with van der Waals surface area (Å²) in [7, 11) is 0. The molecule has 0 aromatic rings. The number of rotatable bonds is 5. The monoisotopic (exact) mass is 161 g/mol. The Labute approximate surface area is 66.5 Å². The molecule has 0 radical (unpaired) electrons. The van der Waals surface area contributed by atoms with Gasteiger partial charge in [-0.25, -0.2) is 0 Å². The Morgan fingerprint density at radius 1 is 1.73 bits per heavy atom. The molecule has 0 rings (SSSR count). The van der Waals surface area contributed by atoms with Crippen LogP contribution in [0.1, 0.15) is 13.8 Å². The maximum Gasteiger partial charge on any atom is 0.319 e. The van der Waals surface area contributed by atoms with Gasteiger partial charge in [-0.05, 0) is 13.8 Å². The van der Waals surface area contributed by atoms with Gasteiger partial charge in [-0.15, -0.1) is 0 Å². The van der Waals surface area contributed by atoms with Gasteiger partial charge in [0.05, 0.1) is 19.8 Å². The van der Waals surface area contributed by atoms with Gasteiger partial charge in [0.1, 0.15) is 0 Å². The van der Waals surface area contributed by atoms with Crippen molar-refractivity contribution in [3.05, 3.63) is 0 Å². The van der Waals surface area contributed by atoms with Crippen molar-refractivity contribution in [2.24, 2.45) is 0 Å². The van der Waals surface area contributed by atoms with Crippen LogP contribution in [0.25, 0.3) is 0 Å². The van der Waals surface area contributed by atoms with E-state index >= 15 is 0 Å². The highest BCUT2D eigenvalue weighted by Crippen LogP contribution is 1.79. The van der Waals surface area contributed by atoms with Crippen molar-refractivity contribution in [3.8, 4) is 0 Å². The molecule has 4 heteroatoms. The van der Waals surface area contributed by atoms with Crippen molar-refractivity contribution < 1.29 is 14.6 Å². The van der Waals surface area contributed by atoms with Crippen LogP contribution in [0.2, 0.25) is 0 Å². The van der Waals surface area contributed by atoms with E-state index in [-0.39, 0.29) is 25.2 Å². The summed E-state index contributed by atoms with van der Waals surface area (Å²) < 4.78 is 4.65. The van der Waals surface area contributed by atoms with Gasteiger partial charge in [0.25, 0.3) is 0 Å². The Kier molecular flexibility index (Phi) is 5.78. The second-order valence-corrected chi connectivity index (χ2v) is 2.27. The number of aliphatic hydroxyl groups is 1. The lowest BCUT2D eigenvalue weighted by atomic mass is 10.3. The number of hydrogen-bond acceptors (Lipinski definition) is 4. The minimum atomic E-state index is -0.284. The molecule has 0 amide bonds. The number of esters is 1. The molecule has 1 atom stereocenters. The van der Waals surface area contributed by atoms with Crippen LogP contribution in [0.15, 0.2) is 0 Å². The molecular formula is C7H15NO3. The van der Waals surface area contributed by atoms with Gasteiger partial charge in [0.15, 0.2) is 0 Å². The van der Waals surface area contributed by atoms with E-state index in [0.29, 0.717) is 6.61 Å². The third-order valence-electron chi connectivity index (χ3n) is 1.17. The molecule has 0 aliphatic rings. The van der Waals surface area contributed by atoms with Gasteiger partial charge in [0.2, 0.25) is 0 Å². The summed E-state index contributed by atoms with van der Waals surface area (Å²) in [6, 6.07) is -0.0561. The van der Waals surface area contributed by atoms with E-state index in [1.165, 1.54) is 0 Å². The lowest BCUT2D eigenvalue weighted by molar-refractivity contribution is -0.142. The van der Waals surface area contributed by atoms with Gasteiger partial charge in [-0.3, -0.25) is 4.79 Å². The lowest BCUT2D eigenvalue weighted by Crippen LogP contribution is -2.34. The SMILES string of the molecule is CCOC(=O)CN[C@@H](C)CO. The van der Waals surface area contributed by atoms with E-state index in [4.69, 9.17) is 5.11 Å². The third kappa shape index (κ3) is 5.82. The van der Waals surface area contributed by atoms with Crippen molar-refractivity contribution in [1.82, 2.24) is 5.32 Å². The molecule has 0 aromatic carbocycles. The zero-order chi connectivity index (χ0) is 8.69. The maximum atomic E-state index is 10.7. The predicted octanol–water partition coefficient (Wildman–Crippen LogP) is -0.480. The maximum absolute atomic E-state index is 10.7. The molecule has 66 valence electrons. The standard InChI is InChI=1S/C7H15NO3/c1-3-11-7(10)4-8-6(2)5-9/h6,8-9H,3-5H2,1-2H3/t6-/m0/s1. The molecule has 4 nitrogen and oxygen atoms in total. The quantitative estimate of drug-likeness (QED) is 0.535. The molecule has 0 saturated carbocycles. The van der Waals surface area contributed by atoms with Crippen molar-refractivity contribution in [3.63, 3.8) is 0 Å². The van der Waals surface area contributed by atoms with Gasteiger partial charge >= 0.3 is 5.97 Å². The van der Waals surface area contributed by atoms with E-state index in [2.05, 4.69) is 10.1 Å². The Morgan fingerprint density at radius 3 is 2.82 bits per heavy atom. The number of nitrogens with one attached hydrogen (secondary N) is 1. The molecule has 0 fully saturated rings. The van der Waals surface area contributed by atoms with E-state index in [1.54, 1.807) is 13.8 Å². The minimum Gasteiger partial charge on any atom is -0.465 e. The molecule has 0 unspecified atom stereocenters. The zero-order valence-electron chi connectivity index (χ0n) is 6.96. The molecule has 11 heavy (non-hydrogen) atoms. The van der Waals surface area contributed by atoms with E-state index in [1.807, 2.05) is 0 Å². The topological polar surface area (TPSA) is 58.6 Å². The van der Waals surface area contributed by atoms with Crippen LogP contribution >= 0.6 is 0 Å². The van der Waals surface area contributed by atoms with Crippen LogP contribution in [0.3, 0.4) is 0 Å². The Balaban J connectivity index is 3.30. The minimum absolute atomic E-state index is 0.0272. The molecule has 0 aromatic heterocycles. The number of aliphatic hydroxyl groups excluding tert-OH is 1. The van der Waals surface area contributed by atoms with Gasteiger partial charge in [-0.2, -0.15) is 0 Å². The summed E-state index contributed by atoms with van der Waals surface area (Å²) in [5.74, 6) is -0.284. The van der Waals surface area contributed by atoms with Gasteiger partial charge < -0.3 is 15.2 Å². The van der Waals surface area contributed by atoms with Crippen LogP contribution in [0.4, 0.5) is 0 Å². The van der Waals surface area contributed by atoms with Crippen LogP contribution in [0, 0.1) is 0 Å². The first-order valence-corrected chi connectivity index (χ1v) is 3.70. The van der Waals surface area contributed by atoms with Crippen LogP contribution < -0.4 is 5.32 Å². The van der Waals surface area contributed by atoms with Gasteiger partial charge in [0, 0.05) is 6.04 Å². The van der Waals surface area contributed by atoms with Crippen molar-refractivity contribution in [2.45, 2.75) is 19.9 Å². The van der Waals surface area contributed by atoms with Crippen molar-refractivity contribution in [2.75, 3.05) is 19.8 Å². The van der Waals surface area contributed by atoms with Crippen LogP contribution in [-0.2, 0) is 9.53 Å². The Bertz CT molecular complexity index is 116. The van der Waals surface area contributed by atoms with Crippen LogP contribution in [0.5, 0.6) is 0 Å². The second-order valence-electron chi connectivity index (χ2n) is 2.27. The molecule has 0 aliphatic heterocycles. The highest BCUT2D eigenvalue weighted by Gasteiger charge is 2.03. The smallest absolute Gasteiger partial charge is 0.319 e. The van der Waals surface area contributed by atoms with Crippen molar-refractivity contribution >= 4 is 5.97 Å². The summed E-state index contributed by atoms with van der Waals surface area (Å²) in [5, 5.41) is 11.4. The number of ether oxygens (including phenoxy) is 1. The fraction of sp³-hybridized carbons (Fsp3) is 0.857. The Hall–Kier alpha value is -0.610. The highest BCUT2D eigenvalue weighted by molar-refractivity contribution is 5.71. The third-order valence-corrected chi connectivity index (χ3v) is 1.17. The van der Waals surface area contributed by atoms with Crippen molar-refractivity contribution in [1.29, 1.82) is 0 Å². The number of carbonyl (C=O) groups excluding carboxylic acids is 1.